The van der Waals surface area contributed by atoms with Gasteiger partial charge in [0.2, 0.25) is 5.91 Å². The molecule has 2 atom stereocenters. The molecule has 5 nitrogen and oxygen atoms in total. The lowest BCUT2D eigenvalue weighted by Crippen LogP contribution is -2.37. The van der Waals surface area contributed by atoms with Crippen LogP contribution in [0.2, 0.25) is 0 Å². The fourth-order valence-electron chi connectivity index (χ4n) is 2.72. The zero-order chi connectivity index (χ0) is 15.2. The van der Waals surface area contributed by atoms with Gasteiger partial charge in [0.15, 0.2) is 11.5 Å². The van der Waals surface area contributed by atoms with Crippen LogP contribution in [0.25, 0.3) is 0 Å². The van der Waals surface area contributed by atoms with Crippen molar-refractivity contribution in [2.75, 3.05) is 14.2 Å². The van der Waals surface area contributed by atoms with Crippen molar-refractivity contribution in [2.45, 2.75) is 31.7 Å². The molecule has 21 heavy (non-hydrogen) atoms. The maximum absolute atomic E-state index is 12.1. The Balaban J connectivity index is 1.98. The Morgan fingerprint density at radius 3 is 2.76 bits per heavy atom. The molecule has 1 fully saturated rings. The molecule has 1 saturated carbocycles. The van der Waals surface area contributed by atoms with Gasteiger partial charge in [-0.1, -0.05) is 6.07 Å². The van der Waals surface area contributed by atoms with Gasteiger partial charge in [0.1, 0.15) is 0 Å². The third-order valence-electron chi connectivity index (χ3n) is 3.84. The molecule has 1 aromatic rings. The Bertz CT molecular complexity index is 551. The molecule has 5 heteroatoms. The van der Waals surface area contributed by atoms with Crippen LogP contribution in [0.4, 0.5) is 0 Å². The van der Waals surface area contributed by atoms with Gasteiger partial charge in [-0.3, -0.25) is 4.79 Å². The molecule has 0 saturated heterocycles. The minimum atomic E-state index is -0.0608. The van der Waals surface area contributed by atoms with E-state index in [-0.39, 0.29) is 24.3 Å². The van der Waals surface area contributed by atoms with Crippen LogP contribution in [-0.4, -0.2) is 26.2 Å². The van der Waals surface area contributed by atoms with E-state index in [1.807, 2.05) is 6.07 Å². The number of carbonyl (C=O) groups excluding carboxylic acids is 1. The van der Waals surface area contributed by atoms with Crippen LogP contribution in [0.15, 0.2) is 18.2 Å². The molecule has 0 radical (unpaired) electrons. The van der Waals surface area contributed by atoms with Crippen LogP contribution in [-0.2, 0) is 11.2 Å². The SMILES string of the molecule is COc1ccc(CC(=O)NC2CCCC2C#N)cc1OC. The molecule has 2 unspecified atom stereocenters. The number of carbonyl (C=O) groups is 1. The molecule has 1 aromatic carbocycles. The molecule has 0 aliphatic heterocycles. The Kier molecular flexibility index (Phi) is 5.04. The van der Waals surface area contributed by atoms with E-state index in [9.17, 15) is 4.79 Å². The number of amides is 1. The quantitative estimate of drug-likeness (QED) is 0.900. The zero-order valence-electron chi connectivity index (χ0n) is 12.4. The van der Waals surface area contributed by atoms with Gasteiger partial charge >= 0.3 is 0 Å². The highest BCUT2D eigenvalue weighted by molar-refractivity contribution is 5.79. The first-order valence-corrected chi connectivity index (χ1v) is 7.07. The van der Waals surface area contributed by atoms with Crippen molar-refractivity contribution in [3.8, 4) is 17.6 Å². The smallest absolute Gasteiger partial charge is 0.224 e. The molecule has 0 bridgehead atoms. The number of nitrogens with one attached hydrogen (secondary N) is 1. The number of methoxy groups -OCH3 is 2. The van der Waals surface area contributed by atoms with Crippen LogP contribution in [0.3, 0.4) is 0 Å². The highest BCUT2D eigenvalue weighted by atomic mass is 16.5. The first-order valence-electron chi connectivity index (χ1n) is 7.07. The molecular weight excluding hydrogens is 268 g/mol. The van der Waals surface area contributed by atoms with Crippen molar-refractivity contribution in [1.82, 2.24) is 5.32 Å². The monoisotopic (exact) mass is 288 g/mol. The van der Waals surface area contributed by atoms with Crippen LogP contribution in [0, 0.1) is 17.2 Å². The number of nitriles is 1. The third-order valence-corrected chi connectivity index (χ3v) is 3.84. The summed E-state index contributed by atoms with van der Waals surface area (Å²) < 4.78 is 10.4. The van der Waals surface area contributed by atoms with Gasteiger partial charge in [0.25, 0.3) is 0 Å². The summed E-state index contributed by atoms with van der Waals surface area (Å²) in [5, 5.41) is 12.0. The van der Waals surface area contributed by atoms with E-state index in [1.165, 1.54) is 0 Å². The summed E-state index contributed by atoms with van der Waals surface area (Å²) in [5.41, 5.74) is 0.858. The number of hydrogen-bond donors (Lipinski definition) is 1. The van der Waals surface area contributed by atoms with E-state index < -0.39 is 0 Å². The van der Waals surface area contributed by atoms with Crippen LogP contribution >= 0.6 is 0 Å². The van der Waals surface area contributed by atoms with Crippen molar-refractivity contribution in [2.24, 2.45) is 5.92 Å². The number of nitrogens with zero attached hydrogens (tertiary/aromatic N) is 1. The molecule has 0 aromatic heterocycles. The standard InChI is InChI=1S/C16H20N2O3/c1-20-14-7-6-11(8-15(14)21-2)9-16(19)18-13-5-3-4-12(13)10-17/h6-8,12-13H,3-5,9H2,1-2H3,(H,18,19). The second-order valence-corrected chi connectivity index (χ2v) is 5.21. The highest BCUT2D eigenvalue weighted by Crippen LogP contribution is 2.28. The fraction of sp³-hybridized carbons (Fsp3) is 0.500. The Morgan fingerprint density at radius 2 is 2.10 bits per heavy atom. The maximum Gasteiger partial charge on any atom is 0.224 e. The summed E-state index contributed by atoms with van der Waals surface area (Å²) in [6.07, 6.45) is 3.03. The van der Waals surface area contributed by atoms with Crippen LogP contribution in [0.1, 0.15) is 24.8 Å². The lowest BCUT2D eigenvalue weighted by Gasteiger charge is -2.16. The summed E-state index contributed by atoms with van der Waals surface area (Å²) in [5.74, 6) is 1.13. The van der Waals surface area contributed by atoms with E-state index in [1.54, 1.807) is 26.4 Å². The summed E-state index contributed by atoms with van der Waals surface area (Å²) in [7, 11) is 3.14. The summed E-state index contributed by atoms with van der Waals surface area (Å²) in [4.78, 5) is 12.1. The normalized spacial score (nSPS) is 20.6. The molecule has 2 rings (SSSR count). The second kappa shape index (κ2) is 6.98. The van der Waals surface area contributed by atoms with Gasteiger partial charge in [-0.15, -0.1) is 0 Å². The van der Waals surface area contributed by atoms with Gasteiger partial charge in [0, 0.05) is 6.04 Å². The lowest BCUT2D eigenvalue weighted by atomic mass is 10.0. The Hall–Kier alpha value is -2.22. The topological polar surface area (TPSA) is 71.3 Å². The van der Waals surface area contributed by atoms with Crippen molar-refractivity contribution >= 4 is 5.91 Å². The van der Waals surface area contributed by atoms with E-state index in [4.69, 9.17) is 14.7 Å². The molecule has 0 heterocycles. The van der Waals surface area contributed by atoms with Crippen molar-refractivity contribution < 1.29 is 14.3 Å². The number of benzene rings is 1. The second-order valence-electron chi connectivity index (χ2n) is 5.21. The van der Waals surface area contributed by atoms with E-state index >= 15 is 0 Å². The molecule has 1 aliphatic carbocycles. The highest BCUT2D eigenvalue weighted by Gasteiger charge is 2.28. The van der Waals surface area contributed by atoms with Gasteiger partial charge < -0.3 is 14.8 Å². The largest absolute Gasteiger partial charge is 0.493 e. The van der Waals surface area contributed by atoms with Crippen molar-refractivity contribution in [3.05, 3.63) is 23.8 Å². The number of rotatable bonds is 5. The predicted octanol–water partition coefficient (Wildman–Crippen LogP) is 2.05. The average molecular weight is 288 g/mol. The first-order chi connectivity index (χ1) is 10.2. The number of hydrogen-bond acceptors (Lipinski definition) is 4. The van der Waals surface area contributed by atoms with Crippen molar-refractivity contribution in [1.29, 1.82) is 5.26 Å². The molecule has 1 aliphatic rings. The average Bonchev–Trinajstić information content (AvgIpc) is 2.94. The maximum atomic E-state index is 12.1. The van der Waals surface area contributed by atoms with E-state index in [0.29, 0.717) is 11.5 Å². The zero-order valence-corrected chi connectivity index (χ0v) is 12.4. The summed E-state index contributed by atoms with van der Waals surface area (Å²) >= 11 is 0. The summed E-state index contributed by atoms with van der Waals surface area (Å²) in [6, 6.07) is 7.69. The molecular formula is C16H20N2O3. The Labute approximate surface area is 124 Å². The first kappa shape index (κ1) is 15.2. The van der Waals surface area contributed by atoms with Crippen LogP contribution in [0.5, 0.6) is 11.5 Å². The molecule has 1 N–H and O–H groups in total. The van der Waals surface area contributed by atoms with Crippen molar-refractivity contribution in [3.63, 3.8) is 0 Å². The Morgan fingerprint density at radius 1 is 1.33 bits per heavy atom. The van der Waals surface area contributed by atoms with Gasteiger partial charge in [-0.25, -0.2) is 0 Å². The van der Waals surface area contributed by atoms with Crippen LogP contribution < -0.4 is 14.8 Å². The summed E-state index contributed by atoms with van der Waals surface area (Å²) in [6.45, 7) is 0. The molecule has 0 spiro atoms. The minimum Gasteiger partial charge on any atom is -0.493 e. The minimum absolute atomic E-state index is 0.0114. The lowest BCUT2D eigenvalue weighted by molar-refractivity contribution is -0.121. The van der Waals surface area contributed by atoms with Gasteiger partial charge in [-0.05, 0) is 37.0 Å². The van der Waals surface area contributed by atoms with Gasteiger partial charge in [0.05, 0.1) is 32.6 Å². The van der Waals surface area contributed by atoms with E-state index in [2.05, 4.69) is 11.4 Å². The fourth-order valence-corrected chi connectivity index (χ4v) is 2.72. The van der Waals surface area contributed by atoms with Gasteiger partial charge in [-0.2, -0.15) is 5.26 Å². The predicted molar refractivity (Wildman–Crippen MR) is 78.1 cm³/mol. The molecule has 112 valence electrons. The third kappa shape index (κ3) is 3.66. The molecule has 1 amide bonds. The van der Waals surface area contributed by atoms with E-state index in [0.717, 1.165) is 24.8 Å². The number of ether oxygens (including phenoxy) is 2.